The first-order chi connectivity index (χ1) is 13.5. The second-order valence-corrected chi connectivity index (χ2v) is 6.95. The van der Waals surface area contributed by atoms with Crippen LogP contribution in [0.3, 0.4) is 0 Å². The topological polar surface area (TPSA) is 92.0 Å². The van der Waals surface area contributed by atoms with Crippen molar-refractivity contribution in [3.63, 3.8) is 0 Å². The Hall–Kier alpha value is -3.44. The number of H-pyrrole nitrogens is 1. The summed E-state index contributed by atoms with van der Waals surface area (Å²) < 4.78 is 0. The number of aliphatic hydroxyl groups excluding tert-OH is 1. The van der Waals surface area contributed by atoms with Crippen molar-refractivity contribution in [1.29, 1.82) is 0 Å². The Balaban J connectivity index is 1.64. The first-order valence-corrected chi connectivity index (χ1v) is 9.12. The zero-order chi connectivity index (χ0) is 19.7. The number of aromatic amines is 1. The average molecular weight is 371 g/mol. The Bertz CT molecular complexity index is 1130. The Morgan fingerprint density at radius 2 is 1.68 bits per heavy atom. The van der Waals surface area contributed by atoms with Crippen LogP contribution in [0.1, 0.15) is 33.0 Å². The highest BCUT2D eigenvalue weighted by atomic mass is 16.3. The maximum absolute atomic E-state index is 11.4. The van der Waals surface area contributed by atoms with Gasteiger partial charge in [0.1, 0.15) is 5.82 Å². The summed E-state index contributed by atoms with van der Waals surface area (Å²) in [7, 11) is 0. The molecule has 5 heteroatoms. The van der Waals surface area contributed by atoms with Crippen LogP contribution in [0.2, 0.25) is 0 Å². The van der Waals surface area contributed by atoms with Crippen LogP contribution in [0.5, 0.6) is 0 Å². The molecule has 1 aromatic heterocycles. The number of primary amides is 1. The molecule has 3 aromatic carbocycles. The summed E-state index contributed by atoms with van der Waals surface area (Å²) in [5.74, 6) is 0.191. The molecule has 0 spiro atoms. The number of rotatable bonds is 5. The van der Waals surface area contributed by atoms with Gasteiger partial charge >= 0.3 is 0 Å². The molecule has 0 fully saturated rings. The normalized spacial score (nSPS) is 12.2. The number of carbonyl (C=O) groups excluding carboxylic acids is 1. The van der Waals surface area contributed by atoms with Gasteiger partial charge in [0, 0.05) is 17.0 Å². The second kappa shape index (κ2) is 7.29. The van der Waals surface area contributed by atoms with Gasteiger partial charge in [-0.15, -0.1) is 0 Å². The maximum atomic E-state index is 11.4. The highest BCUT2D eigenvalue weighted by molar-refractivity contribution is 5.96. The number of aryl methyl sites for hydroxylation is 1. The Morgan fingerprint density at radius 3 is 2.29 bits per heavy atom. The van der Waals surface area contributed by atoms with Crippen molar-refractivity contribution < 1.29 is 9.90 Å². The molecule has 0 bridgehead atoms. The maximum Gasteiger partial charge on any atom is 0.248 e. The van der Waals surface area contributed by atoms with Crippen molar-refractivity contribution in [2.75, 3.05) is 6.61 Å². The second-order valence-electron chi connectivity index (χ2n) is 6.95. The predicted molar refractivity (Wildman–Crippen MR) is 110 cm³/mol. The minimum atomic E-state index is -0.464. The SMILES string of the molecule is Cc1ccc(C(CO)c2ccc(-c3nc4ccc(C(N)=O)cc4[nH]3)cc2)cc1. The lowest BCUT2D eigenvalue weighted by molar-refractivity contribution is 0.100. The molecule has 0 saturated carbocycles. The van der Waals surface area contributed by atoms with Gasteiger partial charge in [-0.1, -0.05) is 54.1 Å². The third-order valence-corrected chi connectivity index (χ3v) is 5.02. The number of nitrogens with one attached hydrogen (secondary N) is 1. The van der Waals surface area contributed by atoms with Gasteiger partial charge in [0.2, 0.25) is 5.91 Å². The summed E-state index contributed by atoms with van der Waals surface area (Å²) in [5, 5.41) is 9.90. The Morgan fingerprint density at radius 1 is 1.04 bits per heavy atom. The number of imidazole rings is 1. The van der Waals surface area contributed by atoms with Crippen LogP contribution in [0.15, 0.2) is 66.7 Å². The third kappa shape index (κ3) is 3.40. The average Bonchev–Trinajstić information content (AvgIpc) is 3.14. The van der Waals surface area contributed by atoms with E-state index in [-0.39, 0.29) is 12.5 Å². The molecule has 0 aliphatic heterocycles. The molecule has 1 amide bonds. The van der Waals surface area contributed by atoms with E-state index in [9.17, 15) is 9.90 Å². The number of benzene rings is 3. The Kier molecular flexibility index (Phi) is 4.67. The van der Waals surface area contributed by atoms with E-state index in [1.807, 2.05) is 31.2 Å². The number of hydrogen-bond acceptors (Lipinski definition) is 3. The largest absolute Gasteiger partial charge is 0.395 e. The molecule has 1 atom stereocenters. The van der Waals surface area contributed by atoms with Crippen molar-refractivity contribution >= 4 is 16.9 Å². The van der Waals surface area contributed by atoms with E-state index in [2.05, 4.69) is 34.2 Å². The fourth-order valence-corrected chi connectivity index (χ4v) is 3.37. The quantitative estimate of drug-likeness (QED) is 0.499. The first-order valence-electron chi connectivity index (χ1n) is 9.12. The van der Waals surface area contributed by atoms with Gasteiger partial charge in [-0.3, -0.25) is 4.79 Å². The number of aromatic nitrogens is 2. The molecule has 4 rings (SSSR count). The van der Waals surface area contributed by atoms with Crippen LogP contribution in [-0.4, -0.2) is 27.6 Å². The molecule has 0 aliphatic carbocycles. The molecule has 0 saturated heterocycles. The van der Waals surface area contributed by atoms with Crippen molar-refractivity contribution in [1.82, 2.24) is 9.97 Å². The molecule has 4 aromatic rings. The van der Waals surface area contributed by atoms with Crippen LogP contribution >= 0.6 is 0 Å². The molecule has 0 aliphatic rings. The van der Waals surface area contributed by atoms with Gasteiger partial charge in [0.05, 0.1) is 17.6 Å². The van der Waals surface area contributed by atoms with E-state index in [1.165, 1.54) is 5.56 Å². The van der Waals surface area contributed by atoms with Crippen molar-refractivity contribution in [3.05, 3.63) is 89.0 Å². The summed E-state index contributed by atoms with van der Waals surface area (Å²) in [5.41, 5.74) is 11.6. The van der Waals surface area contributed by atoms with Crippen LogP contribution < -0.4 is 5.73 Å². The van der Waals surface area contributed by atoms with E-state index in [0.717, 1.165) is 33.5 Å². The summed E-state index contributed by atoms with van der Waals surface area (Å²) in [6, 6.07) is 21.4. The minimum Gasteiger partial charge on any atom is -0.395 e. The van der Waals surface area contributed by atoms with E-state index >= 15 is 0 Å². The molecule has 4 N–H and O–H groups in total. The summed E-state index contributed by atoms with van der Waals surface area (Å²) in [4.78, 5) is 19.2. The standard InChI is InChI=1S/C23H21N3O2/c1-14-2-4-15(5-3-14)19(13-27)16-6-8-17(9-7-16)23-25-20-11-10-18(22(24)28)12-21(20)26-23/h2-12,19,27H,13H2,1H3,(H2,24,28)(H,25,26). The highest BCUT2D eigenvalue weighted by Crippen LogP contribution is 2.27. The van der Waals surface area contributed by atoms with Gasteiger partial charge in [-0.25, -0.2) is 4.98 Å². The van der Waals surface area contributed by atoms with Crippen LogP contribution in [-0.2, 0) is 0 Å². The fraction of sp³-hybridized carbons (Fsp3) is 0.130. The Labute approximate surface area is 162 Å². The third-order valence-electron chi connectivity index (χ3n) is 5.02. The monoisotopic (exact) mass is 371 g/mol. The summed E-state index contributed by atoms with van der Waals surface area (Å²) in [6.07, 6.45) is 0. The van der Waals surface area contributed by atoms with Gasteiger partial charge in [-0.05, 0) is 36.2 Å². The van der Waals surface area contributed by atoms with Crippen molar-refractivity contribution in [3.8, 4) is 11.4 Å². The number of aliphatic hydroxyl groups is 1. The number of nitrogens with zero attached hydrogens (tertiary/aromatic N) is 1. The molecule has 28 heavy (non-hydrogen) atoms. The lowest BCUT2D eigenvalue weighted by Crippen LogP contribution is -2.10. The van der Waals surface area contributed by atoms with Crippen LogP contribution in [0.4, 0.5) is 0 Å². The number of nitrogens with two attached hydrogens (primary N) is 1. The van der Waals surface area contributed by atoms with E-state index in [1.54, 1.807) is 18.2 Å². The number of hydrogen-bond donors (Lipinski definition) is 3. The van der Waals surface area contributed by atoms with Gasteiger partial charge in [0.25, 0.3) is 0 Å². The lowest BCUT2D eigenvalue weighted by atomic mass is 9.91. The highest BCUT2D eigenvalue weighted by Gasteiger charge is 2.14. The summed E-state index contributed by atoms with van der Waals surface area (Å²) >= 11 is 0. The first kappa shape index (κ1) is 17.9. The van der Waals surface area contributed by atoms with Gasteiger partial charge in [0.15, 0.2) is 0 Å². The molecule has 140 valence electrons. The van der Waals surface area contributed by atoms with Crippen LogP contribution in [0, 0.1) is 6.92 Å². The molecular formula is C23H21N3O2. The number of fused-ring (bicyclic) bond motifs is 1. The molecule has 0 radical (unpaired) electrons. The van der Waals surface area contributed by atoms with E-state index in [0.29, 0.717) is 5.56 Å². The number of amides is 1. The predicted octanol–water partition coefficient (Wildman–Crippen LogP) is 3.76. The smallest absolute Gasteiger partial charge is 0.248 e. The van der Waals surface area contributed by atoms with Gasteiger partial charge in [-0.2, -0.15) is 0 Å². The number of carbonyl (C=O) groups is 1. The molecular weight excluding hydrogens is 350 g/mol. The minimum absolute atomic E-state index is 0.0446. The van der Waals surface area contributed by atoms with E-state index in [4.69, 9.17) is 5.73 Å². The lowest BCUT2D eigenvalue weighted by Gasteiger charge is -2.16. The zero-order valence-electron chi connectivity index (χ0n) is 15.5. The van der Waals surface area contributed by atoms with Gasteiger partial charge < -0.3 is 15.8 Å². The zero-order valence-corrected chi connectivity index (χ0v) is 15.5. The molecule has 1 unspecified atom stereocenters. The van der Waals surface area contributed by atoms with Crippen molar-refractivity contribution in [2.24, 2.45) is 5.73 Å². The fourth-order valence-electron chi connectivity index (χ4n) is 3.37. The van der Waals surface area contributed by atoms with Crippen LogP contribution in [0.25, 0.3) is 22.4 Å². The summed E-state index contributed by atoms with van der Waals surface area (Å²) in [6.45, 7) is 2.09. The van der Waals surface area contributed by atoms with Crippen molar-refractivity contribution in [2.45, 2.75) is 12.8 Å². The van der Waals surface area contributed by atoms with E-state index < -0.39 is 5.91 Å². The molecule has 5 nitrogen and oxygen atoms in total. The molecule has 1 heterocycles.